The Morgan fingerprint density at radius 2 is 1.72 bits per heavy atom. The van der Waals surface area contributed by atoms with Crippen LogP contribution in [-0.2, 0) is 14.3 Å². The quantitative estimate of drug-likeness (QED) is 0.538. The molecule has 9 nitrogen and oxygen atoms in total. The Labute approximate surface area is 185 Å². The second-order valence-corrected chi connectivity index (χ2v) is 7.33. The second kappa shape index (κ2) is 11.3. The van der Waals surface area contributed by atoms with E-state index in [0.29, 0.717) is 12.5 Å². The average molecular weight is 441 g/mol. The fourth-order valence-electron chi connectivity index (χ4n) is 3.32. The van der Waals surface area contributed by atoms with Crippen LogP contribution in [0.5, 0.6) is 5.88 Å². The maximum atomic E-state index is 9.43. The van der Waals surface area contributed by atoms with Gasteiger partial charge in [-0.2, -0.15) is 0 Å². The summed E-state index contributed by atoms with van der Waals surface area (Å²) in [5, 5.41) is 22.5. The Kier molecular flexibility index (Phi) is 8.18. The smallest absolute Gasteiger partial charge is 0.314 e. The Bertz CT molecular complexity index is 1050. The lowest BCUT2D eigenvalue weighted by Gasteiger charge is -2.26. The van der Waals surface area contributed by atoms with Gasteiger partial charge in [0.2, 0.25) is 5.88 Å². The molecule has 0 atom stereocenters. The van der Waals surface area contributed by atoms with Crippen molar-refractivity contribution in [2.24, 2.45) is 0 Å². The molecule has 1 fully saturated rings. The molecule has 0 unspecified atom stereocenters. The zero-order valence-electron chi connectivity index (χ0n) is 17.9. The van der Waals surface area contributed by atoms with Crippen LogP contribution in [0.15, 0.2) is 48.5 Å². The molecule has 1 aromatic heterocycles. The number of carbonyl (C=O) groups is 2. The third-order valence-electron chi connectivity index (χ3n) is 4.91. The molecule has 9 heteroatoms. The van der Waals surface area contributed by atoms with Gasteiger partial charge in [-0.1, -0.05) is 30.3 Å². The first-order chi connectivity index (χ1) is 15.4. The van der Waals surface area contributed by atoms with E-state index in [4.69, 9.17) is 19.7 Å². The fourth-order valence-corrected chi connectivity index (χ4v) is 3.32. The number of aryl methyl sites for hydroxylation is 1. The van der Waals surface area contributed by atoms with Crippen LogP contribution in [0.4, 0.5) is 0 Å². The fraction of sp³-hybridized carbons (Fsp3) is 0.348. The van der Waals surface area contributed by atoms with Crippen LogP contribution in [0.1, 0.15) is 12.1 Å². The van der Waals surface area contributed by atoms with Crippen LogP contribution in [0, 0.1) is 6.92 Å². The number of morpholine rings is 1. The highest BCUT2D eigenvalue weighted by Crippen LogP contribution is 2.21. The second-order valence-electron chi connectivity index (χ2n) is 7.33. The van der Waals surface area contributed by atoms with Crippen molar-refractivity contribution < 1.29 is 29.3 Å². The van der Waals surface area contributed by atoms with Crippen molar-refractivity contribution >= 4 is 22.7 Å². The first-order valence-corrected chi connectivity index (χ1v) is 10.3. The minimum atomic E-state index is -1.31. The van der Waals surface area contributed by atoms with E-state index in [0.717, 1.165) is 44.2 Å². The molecule has 1 saturated heterocycles. The molecule has 170 valence electrons. The first kappa shape index (κ1) is 23.2. The van der Waals surface area contributed by atoms with Gasteiger partial charge < -0.3 is 19.7 Å². The summed E-state index contributed by atoms with van der Waals surface area (Å²) in [5.41, 5.74) is 2.12. The topological polar surface area (TPSA) is 114 Å². The molecule has 2 N–H and O–H groups in total. The number of aromatic nitrogens is 2. The van der Waals surface area contributed by atoms with Crippen molar-refractivity contribution in [1.29, 1.82) is 0 Å². The Hall–Kier alpha value is -3.43. The highest BCUT2D eigenvalue weighted by Gasteiger charge is 2.11. The minimum Gasteiger partial charge on any atom is -0.481 e. The average Bonchev–Trinajstić information content (AvgIpc) is 3.14. The SMILES string of the molecule is Cc1cc(OCCN2CCOCC2)nn1-c1ccc2ccccc2c1.O=C(O)CC(=O)O. The third kappa shape index (κ3) is 6.79. The molecule has 2 heterocycles. The summed E-state index contributed by atoms with van der Waals surface area (Å²) in [6.45, 7) is 7.20. The van der Waals surface area contributed by atoms with Gasteiger partial charge in [-0.05, 0) is 29.8 Å². The molecule has 0 spiro atoms. The lowest BCUT2D eigenvalue weighted by Crippen LogP contribution is -2.38. The highest BCUT2D eigenvalue weighted by molar-refractivity contribution is 5.88. The van der Waals surface area contributed by atoms with Gasteiger partial charge >= 0.3 is 11.9 Å². The number of benzene rings is 2. The molecular weight excluding hydrogens is 414 g/mol. The Balaban J connectivity index is 0.000000360. The number of carboxylic acids is 2. The van der Waals surface area contributed by atoms with Crippen LogP contribution < -0.4 is 4.74 Å². The predicted molar refractivity (Wildman–Crippen MR) is 118 cm³/mol. The van der Waals surface area contributed by atoms with Crippen molar-refractivity contribution in [3.8, 4) is 11.6 Å². The van der Waals surface area contributed by atoms with E-state index in [1.807, 2.05) is 10.7 Å². The van der Waals surface area contributed by atoms with E-state index in [-0.39, 0.29) is 0 Å². The van der Waals surface area contributed by atoms with E-state index in [1.165, 1.54) is 10.8 Å². The van der Waals surface area contributed by atoms with Crippen LogP contribution in [0.2, 0.25) is 0 Å². The van der Waals surface area contributed by atoms with Crippen LogP contribution in [-0.4, -0.2) is 76.3 Å². The monoisotopic (exact) mass is 441 g/mol. The molecule has 3 aromatic rings. The molecule has 0 radical (unpaired) electrons. The van der Waals surface area contributed by atoms with Gasteiger partial charge in [0, 0.05) is 31.4 Å². The van der Waals surface area contributed by atoms with Crippen molar-refractivity contribution in [3.63, 3.8) is 0 Å². The normalized spacial score (nSPS) is 13.9. The summed E-state index contributed by atoms with van der Waals surface area (Å²) < 4.78 is 13.2. The van der Waals surface area contributed by atoms with Crippen LogP contribution in [0.3, 0.4) is 0 Å². The van der Waals surface area contributed by atoms with Gasteiger partial charge in [0.05, 0.1) is 18.9 Å². The maximum Gasteiger partial charge on any atom is 0.314 e. The molecular formula is C23H27N3O6. The number of rotatable bonds is 7. The number of ether oxygens (including phenoxy) is 2. The number of hydrogen-bond donors (Lipinski definition) is 2. The van der Waals surface area contributed by atoms with E-state index < -0.39 is 18.4 Å². The first-order valence-electron chi connectivity index (χ1n) is 10.3. The van der Waals surface area contributed by atoms with Gasteiger partial charge in [-0.3, -0.25) is 14.5 Å². The molecule has 0 saturated carbocycles. The molecule has 32 heavy (non-hydrogen) atoms. The molecule has 1 aliphatic rings. The van der Waals surface area contributed by atoms with Gasteiger partial charge in [0.25, 0.3) is 0 Å². The third-order valence-corrected chi connectivity index (χ3v) is 4.91. The summed E-state index contributed by atoms with van der Waals surface area (Å²) in [7, 11) is 0. The van der Waals surface area contributed by atoms with Crippen molar-refractivity contribution in [1.82, 2.24) is 14.7 Å². The van der Waals surface area contributed by atoms with Gasteiger partial charge in [0.1, 0.15) is 13.0 Å². The number of hydrogen-bond acceptors (Lipinski definition) is 6. The maximum absolute atomic E-state index is 9.43. The summed E-state index contributed by atoms with van der Waals surface area (Å²) in [6, 6.07) is 16.7. The summed E-state index contributed by atoms with van der Waals surface area (Å²) in [5.74, 6) is -1.95. The van der Waals surface area contributed by atoms with Crippen molar-refractivity contribution in [2.75, 3.05) is 39.5 Å². The van der Waals surface area contributed by atoms with E-state index >= 15 is 0 Å². The standard InChI is InChI=1S/C20H23N3O2.C3H4O4/c1-16-14-20(25-13-10-22-8-11-24-12-9-22)21-23(16)19-7-6-17-4-2-3-5-18(17)15-19;4-2(5)1-3(6)7/h2-7,14-15H,8-13H2,1H3;1H2,(H,4,5)(H,6,7). The van der Waals surface area contributed by atoms with E-state index in [2.05, 4.69) is 59.4 Å². The van der Waals surface area contributed by atoms with Crippen molar-refractivity contribution in [2.45, 2.75) is 13.3 Å². The predicted octanol–water partition coefficient (Wildman–Crippen LogP) is 2.59. The van der Waals surface area contributed by atoms with Gasteiger partial charge in [-0.15, -0.1) is 5.10 Å². The van der Waals surface area contributed by atoms with Crippen molar-refractivity contribution in [3.05, 3.63) is 54.2 Å². The van der Waals surface area contributed by atoms with Crippen LogP contribution >= 0.6 is 0 Å². The lowest BCUT2D eigenvalue weighted by molar-refractivity contribution is -0.147. The summed E-state index contributed by atoms with van der Waals surface area (Å²) in [4.78, 5) is 21.2. The number of nitrogens with zero attached hydrogens (tertiary/aromatic N) is 3. The molecule has 2 aromatic carbocycles. The summed E-state index contributed by atoms with van der Waals surface area (Å²) in [6.07, 6.45) is -0.806. The minimum absolute atomic E-state index is 0.647. The van der Waals surface area contributed by atoms with Gasteiger partial charge in [0.15, 0.2) is 0 Å². The molecule has 0 aliphatic carbocycles. The zero-order valence-corrected chi connectivity index (χ0v) is 17.9. The highest BCUT2D eigenvalue weighted by atomic mass is 16.5. The lowest BCUT2D eigenvalue weighted by atomic mass is 10.1. The van der Waals surface area contributed by atoms with E-state index in [9.17, 15) is 9.59 Å². The Morgan fingerprint density at radius 3 is 2.38 bits per heavy atom. The molecule has 0 bridgehead atoms. The number of fused-ring (bicyclic) bond motifs is 1. The largest absolute Gasteiger partial charge is 0.481 e. The Morgan fingerprint density at radius 1 is 1.03 bits per heavy atom. The number of carboxylic acid groups (broad SMARTS) is 2. The molecule has 1 aliphatic heterocycles. The van der Waals surface area contributed by atoms with Crippen LogP contribution in [0.25, 0.3) is 16.5 Å². The van der Waals surface area contributed by atoms with E-state index in [1.54, 1.807) is 0 Å². The number of aliphatic carboxylic acids is 2. The zero-order chi connectivity index (χ0) is 22.9. The summed E-state index contributed by atoms with van der Waals surface area (Å²) >= 11 is 0. The van der Waals surface area contributed by atoms with Gasteiger partial charge in [-0.25, -0.2) is 4.68 Å². The molecule has 4 rings (SSSR count). The molecule has 0 amide bonds.